The number of halogens is 1. The second kappa shape index (κ2) is 7.78. The van der Waals surface area contributed by atoms with Gasteiger partial charge in [-0.2, -0.15) is 0 Å². The summed E-state index contributed by atoms with van der Waals surface area (Å²) in [5.41, 5.74) is 0.662. The van der Waals surface area contributed by atoms with E-state index in [0.29, 0.717) is 41.0 Å². The summed E-state index contributed by atoms with van der Waals surface area (Å²) in [6, 6.07) is 1.73. The number of aromatic nitrogens is 3. The Morgan fingerprint density at radius 2 is 2.17 bits per heavy atom. The Kier molecular flexibility index (Phi) is 6.00. The number of nitrogens with one attached hydrogen (secondary N) is 2. The van der Waals surface area contributed by atoms with Crippen LogP contribution in [0.15, 0.2) is 18.5 Å². The third kappa shape index (κ3) is 4.03. The summed E-state index contributed by atoms with van der Waals surface area (Å²) in [5, 5.41) is 16.3. The van der Waals surface area contributed by atoms with Crippen molar-refractivity contribution in [2.24, 2.45) is 5.92 Å². The maximum atomic E-state index is 12.3. The third-order valence-electron chi connectivity index (χ3n) is 3.59. The van der Waals surface area contributed by atoms with Crippen LogP contribution in [0.3, 0.4) is 0 Å². The zero-order valence-corrected chi connectivity index (χ0v) is 14.2. The summed E-state index contributed by atoms with van der Waals surface area (Å²) in [7, 11) is 0. The molecule has 124 valence electrons. The zero-order valence-electron chi connectivity index (χ0n) is 12.5. The number of aliphatic hydroxyl groups excluding tert-OH is 1. The highest BCUT2D eigenvalue weighted by Gasteiger charge is 2.26. The Morgan fingerprint density at radius 1 is 1.43 bits per heavy atom. The van der Waals surface area contributed by atoms with Crippen molar-refractivity contribution in [1.29, 1.82) is 0 Å². The van der Waals surface area contributed by atoms with Gasteiger partial charge in [-0.15, -0.1) is 23.7 Å². The minimum Gasteiger partial charge on any atom is -0.391 e. The summed E-state index contributed by atoms with van der Waals surface area (Å²) in [6.45, 7) is 3.53. The van der Waals surface area contributed by atoms with Gasteiger partial charge in [0, 0.05) is 37.9 Å². The molecule has 2 unspecified atom stereocenters. The van der Waals surface area contributed by atoms with Gasteiger partial charge in [0.2, 0.25) is 0 Å². The van der Waals surface area contributed by atoms with E-state index in [9.17, 15) is 9.90 Å². The lowest BCUT2D eigenvalue weighted by molar-refractivity contribution is 0.0930. The van der Waals surface area contributed by atoms with Gasteiger partial charge in [-0.05, 0) is 13.0 Å². The lowest BCUT2D eigenvalue weighted by Gasteiger charge is -2.13. The molecule has 0 aromatic carbocycles. The van der Waals surface area contributed by atoms with Crippen molar-refractivity contribution in [3.8, 4) is 10.8 Å². The molecule has 2 aromatic heterocycles. The summed E-state index contributed by atoms with van der Waals surface area (Å²) >= 11 is 1.28. The van der Waals surface area contributed by atoms with Gasteiger partial charge in [0.25, 0.3) is 5.91 Å². The molecule has 3 heterocycles. The average Bonchev–Trinajstić information content (AvgIpc) is 3.12. The number of carbonyl (C=O) groups is 1. The lowest BCUT2D eigenvalue weighted by atomic mass is 10.1. The molecule has 2 aromatic rings. The van der Waals surface area contributed by atoms with Gasteiger partial charge in [-0.3, -0.25) is 4.79 Å². The molecule has 3 rings (SSSR count). The minimum absolute atomic E-state index is 0. The van der Waals surface area contributed by atoms with E-state index in [1.165, 1.54) is 11.3 Å². The highest BCUT2D eigenvalue weighted by atomic mass is 35.5. The van der Waals surface area contributed by atoms with Crippen LogP contribution in [0.25, 0.3) is 10.8 Å². The van der Waals surface area contributed by atoms with Crippen molar-refractivity contribution in [3.05, 3.63) is 29.0 Å². The number of aliphatic hydroxyl groups is 1. The highest BCUT2D eigenvalue weighted by molar-refractivity contribution is 7.17. The molecule has 3 N–H and O–H groups in total. The molecule has 0 saturated carbocycles. The first kappa shape index (κ1) is 17.7. The molecule has 1 aliphatic rings. The number of β-amino-alcohol motifs (C(OH)–C–C–N with tert-alkyl or cyclic N) is 1. The Morgan fingerprint density at radius 3 is 2.83 bits per heavy atom. The predicted molar refractivity (Wildman–Crippen MR) is 89.8 cm³/mol. The number of hydrogen-bond acceptors (Lipinski definition) is 7. The quantitative estimate of drug-likeness (QED) is 0.744. The topological polar surface area (TPSA) is 100 Å². The molecule has 1 saturated heterocycles. The summed E-state index contributed by atoms with van der Waals surface area (Å²) < 4.78 is 0. The largest absolute Gasteiger partial charge is 0.391 e. The molecule has 0 radical (unpaired) electrons. The van der Waals surface area contributed by atoms with Crippen LogP contribution >= 0.6 is 23.7 Å². The molecule has 7 nitrogen and oxygen atoms in total. The van der Waals surface area contributed by atoms with E-state index in [2.05, 4.69) is 25.6 Å². The first-order valence-corrected chi connectivity index (χ1v) is 7.88. The van der Waals surface area contributed by atoms with E-state index in [0.717, 1.165) is 0 Å². The fourth-order valence-corrected chi connectivity index (χ4v) is 3.27. The van der Waals surface area contributed by atoms with E-state index in [1.807, 2.05) is 0 Å². The van der Waals surface area contributed by atoms with Gasteiger partial charge in [0.05, 0.1) is 11.8 Å². The average molecular weight is 356 g/mol. The first-order chi connectivity index (χ1) is 10.6. The molecule has 1 aliphatic heterocycles. The van der Waals surface area contributed by atoms with Crippen LogP contribution in [0, 0.1) is 12.8 Å². The van der Waals surface area contributed by atoms with E-state index in [1.54, 1.807) is 25.4 Å². The maximum absolute atomic E-state index is 12.3. The van der Waals surface area contributed by atoms with Crippen LogP contribution in [0.2, 0.25) is 0 Å². The molecular formula is C14H18ClN5O2S. The van der Waals surface area contributed by atoms with Crippen LogP contribution in [-0.4, -0.2) is 51.7 Å². The van der Waals surface area contributed by atoms with E-state index >= 15 is 0 Å². The number of amides is 1. The predicted octanol–water partition coefficient (Wildman–Crippen LogP) is 0.640. The normalized spacial score (nSPS) is 20.1. The Hall–Kier alpha value is -1.61. The van der Waals surface area contributed by atoms with Crippen molar-refractivity contribution in [2.45, 2.75) is 13.0 Å². The maximum Gasteiger partial charge on any atom is 0.263 e. The second-order valence-corrected chi connectivity index (χ2v) is 6.20. The number of aryl methyl sites for hydroxylation is 1. The van der Waals surface area contributed by atoms with Gasteiger partial charge in [0.1, 0.15) is 4.88 Å². The van der Waals surface area contributed by atoms with Gasteiger partial charge in [0.15, 0.2) is 10.8 Å². The molecule has 0 aliphatic carbocycles. The number of rotatable bonds is 4. The fraction of sp³-hybridized carbons (Fsp3) is 0.429. The number of hydrogen-bond donors (Lipinski definition) is 3. The van der Waals surface area contributed by atoms with Crippen LogP contribution in [-0.2, 0) is 0 Å². The van der Waals surface area contributed by atoms with E-state index < -0.39 is 6.10 Å². The number of carbonyl (C=O) groups excluding carboxylic acids is 1. The van der Waals surface area contributed by atoms with Gasteiger partial charge >= 0.3 is 0 Å². The molecule has 1 amide bonds. The van der Waals surface area contributed by atoms with Crippen LogP contribution in [0.1, 0.15) is 15.4 Å². The molecular weight excluding hydrogens is 338 g/mol. The van der Waals surface area contributed by atoms with Crippen molar-refractivity contribution in [2.75, 3.05) is 19.6 Å². The smallest absolute Gasteiger partial charge is 0.263 e. The summed E-state index contributed by atoms with van der Waals surface area (Å²) in [5.74, 6) is 0.399. The third-order valence-corrected chi connectivity index (χ3v) is 4.74. The van der Waals surface area contributed by atoms with Gasteiger partial charge in [-0.1, -0.05) is 0 Å². The highest BCUT2D eigenvalue weighted by Crippen LogP contribution is 2.25. The standard InChI is InChI=1S/C14H17N5O2S.ClH/c1-8-11(13(21)18-6-9-5-15-7-10(9)20)22-14(19-8)12-16-3-2-4-17-12;/h2-4,9-10,15,20H,5-7H2,1H3,(H,18,21);1H. The summed E-state index contributed by atoms with van der Waals surface area (Å²) in [4.78, 5) is 25.5. The SMILES string of the molecule is Cc1nc(-c2ncccn2)sc1C(=O)NCC1CNCC1O.Cl. The molecule has 1 fully saturated rings. The Bertz CT molecular complexity index is 666. The Labute approximate surface area is 144 Å². The van der Waals surface area contributed by atoms with Gasteiger partial charge < -0.3 is 15.7 Å². The lowest BCUT2D eigenvalue weighted by Crippen LogP contribution is -2.34. The molecule has 23 heavy (non-hydrogen) atoms. The van der Waals surface area contributed by atoms with Crippen LogP contribution < -0.4 is 10.6 Å². The van der Waals surface area contributed by atoms with E-state index in [-0.39, 0.29) is 24.2 Å². The molecule has 2 atom stereocenters. The Balaban J connectivity index is 0.00000192. The first-order valence-electron chi connectivity index (χ1n) is 7.07. The monoisotopic (exact) mass is 355 g/mol. The van der Waals surface area contributed by atoms with Crippen LogP contribution in [0.4, 0.5) is 0 Å². The van der Waals surface area contributed by atoms with Crippen LogP contribution in [0.5, 0.6) is 0 Å². The zero-order chi connectivity index (χ0) is 15.5. The fourth-order valence-electron chi connectivity index (χ4n) is 2.34. The van der Waals surface area contributed by atoms with E-state index in [4.69, 9.17) is 0 Å². The second-order valence-electron chi connectivity index (χ2n) is 5.20. The minimum atomic E-state index is -0.406. The molecule has 9 heteroatoms. The molecule has 0 bridgehead atoms. The van der Waals surface area contributed by atoms with Crippen molar-refractivity contribution in [1.82, 2.24) is 25.6 Å². The summed E-state index contributed by atoms with van der Waals surface area (Å²) in [6.07, 6.45) is 2.89. The number of nitrogens with zero attached hydrogens (tertiary/aromatic N) is 3. The van der Waals surface area contributed by atoms with Crippen molar-refractivity contribution >= 4 is 29.7 Å². The molecule has 0 spiro atoms. The van der Waals surface area contributed by atoms with Crippen molar-refractivity contribution in [3.63, 3.8) is 0 Å². The van der Waals surface area contributed by atoms with Crippen molar-refractivity contribution < 1.29 is 9.90 Å². The van der Waals surface area contributed by atoms with Gasteiger partial charge in [-0.25, -0.2) is 15.0 Å². The number of thiazole rings is 1.